The molecule has 0 atom stereocenters. The molecule has 430 valence electrons. The maximum Gasteiger partial charge on any atom is 0.0547 e. The van der Waals surface area contributed by atoms with Gasteiger partial charge < -0.3 is 9.80 Å². The van der Waals surface area contributed by atoms with Gasteiger partial charge in [-0.3, -0.25) is 0 Å². The van der Waals surface area contributed by atoms with Crippen LogP contribution >= 0.6 is 0 Å². The van der Waals surface area contributed by atoms with Gasteiger partial charge in [0.25, 0.3) is 0 Å². The summed E-state index contributed by atoms with van der Waals surface area (Å²) in [6, 6.07) is 120. The highest BCUT2D eigenvalue weighted by Crippen LogP contribution is 2.63. The minimum absolute atomic E-state index is 0.559. The molecule has 0 heterocycles. The van der Waals surface area contributed by atoms with Gasteiger partial charge in [0.2, 0.25) is 0 Å². The van der Waals surface area contributed by atoms with E-state index in [4.69, 9.17) is 0 Å². The first-order chi connectivity index (χ1) is 46.1. The molecule has 5 aliphatic rings. The Balaban J connectivity index is 0.851. The van der Waals surface area contributed by atoms with Crippen molar-refractivity contribution in [2.45, 2.75) is 18.3 Å². The Hall–Kier alpha value is -11.8. The van der Waals surface area contributed by atoms with Crippen LogP contribution in [-0.2, 0) is 18.3 Å². The maximum absolute atomic E-state index is 2.65. The van der Waals surface area contributed by atoms with E-state index in [0.29, 0.717) is 0 Å². The molecule has 0 unspecified atom stereocenters. The largest absolute Gasteiger partial charge is 0.309 e. The molecule has 0 amide bonds. The third kappa shape index (κ3) is 7.02. The smallest absolute Gasteiger partial charge is 0.0547 e. The molecule has 0 aromatic heterocycles. The average molecular weight is 1180 g/mol. The second-order valence-corrected chi connectivity index (χ2v) is 26.2. The second-order valence-electron chi connectivity index (χ2n) is 26.2. The van der Waals surface area contributed by atoms with Gasteiger partial charge in [0.15, 0.2) is 0 Å². The summed E-state index contributed by atoms with van der Waals surface area (Å²) in [6.07, 6.45) is 1.56. The molecule has 2 nitrogen and oxygen atoms in total. The van der Waals surface area contributed by atoms with Crippen LogP contribution in [0.1, 0.15) is 22.3 Å². The zero-order valence-electron chi connectivity index (χ0n) is 50.8. The lowest BCUT2D eigenvalue weighted by Crippen LogP contribution is -2.31. The number of anilines is 6. The molecule has 93 heavy (non-hydrogen) atoms. The maximum atomic E-state index is 2.65. The molecule has 0 spiro atoms. The summed E-state index contributed by atoms with van der Waals surface area (Å²) in [5.41, 5.74) is 34.7. The Labute approximate surface area is 539 Å². The SMILES string of the molecule is c1ccc(CC2(Cc3ccccc3)c3cc(N(c4ccc5cccc6c5c4-c4ccccc4-6)c4ccc5cccc6c5c4-c4ccccc4-6)ccc3-c3ccc(N(c4ccc5cccc6c5c4-c4ccccc4-6)c4ccc5cccc6c5c4-c4ccccc4-6)cc32)cc1. The topological polar surface area (TPSA) is 6.48 Å². The van der Waals surface area contributed by atoms with E-state index in [2.05, 4.69) is 325 Å². The first-order valence-electron chi connectivity index (χ1n) is 32.7. The quantitative estimate of drug-likeness (QED) is 0.135. The molecule has 0 bridgehead atoms. The lowest BCUT2D eigenvalue weighted by molar-refractivity contribution is 0.520. The third-order valence-electron chi connectivity index (χ3n) is 21.5. The third-order valence-corrected chi connectivity index (χ3v) is 21.5. The number of hydrogen-bond donors (Lipinski definition) is 0. The summed E-state index contributed by atoms with van der Waals surface area (Å²) in [7, 11) is 0. The summed E-state index contributed by atoms with van der Waals surface area (Å²) in [5, 5.41) is 10.2. The van der Waals surface area contributed by atoms with Gasteiger partial charge in [0.05, 0.1) is 22.7 Å². The summed E-state index contributed by atoms with van der Waals surface area (Å²) in [4.78, 5) is 5.30. The van der Waals surface area contributed by atoms with Gasteiger partial charge in [0.1, 0.15) is 0 Å². The molecule has 16 aromatic rings. The highest BCUT2D eigenvalue weighted by molar-refractivity contribution is 6.25. The van der Waals surface area contributed by atoms with Gasteiger partial charge in [0, 0.05) is 39.0 Å². The molecule has 5 aliphatic carbocycles. The molecule has 0 saturated carbocycles. The fourth-order valence-corrected chi connectivity index (χ4v) is 17.8. The molecular weight excluding hydrogens is 1120 g/mol. The van der Waals surface area contributed by atoms with Crippen molar-refractivity contribution in [2.75, 3.05) is 9.80 Å². The van der Waals surface area contributed by atoms with E-state index in [9.17, 15) is 0 Å². The van der Waals surface area contributed by atoms with Crippen LogP contribution in [0.15, 0.2) is 315 Å². The van der Waals surface area contributed by atoms with Crippen molar-refractivity contribution in [1.29, 1.82) is 0 Å². The van der Waals surface area contributed by atoms with Crippen LogP contribution in [0.5, 0.6) is 0 Å². The van der Waals surface area contributed by atoms with E-state index >= 15 is 0 Å². The van der Waals surface area contributed by atoms with E-state index in [0.717, 1.165) is 24.2 Å². The number of hydrogen-bond acceptors (Lipinski definition) is 2. The predicted molar refractivity (Wildman–Crippen MR) is 390 cm³/mol. The molecule has 0 radical (unpaired) electrons. The molecule has 16 aromatic carbocycles. The van der Waals surface area contributed by atoms with Crippen LogP contribution in [-0.4, -0.2) is 0 Å². The van der Waals surface area contributed by atoms with Crippen molar-refractivity contribution < 1.29 is 0 Å². The molecule has 21 rings (SSSR count). The van der Waals surface area contributed by atoms with Crippen LogP contribution in [0.2, 0.25) is 0 Å². The fraction of sp³-hybridized carbons (Fsp3) is 0.0330. The summed E-state index contributed by atoms with van der Waals surface area (Å²) in [6.45, 7) is 0. The van der Waals surface area contributed by atoms with Crippen LogP contribution in [0.25, 0.3) is 143 Å². The molecule has 0 fully saturated rings. The normalized spacial score (nSPS) is 13.1. The predicted octanol–water partition coefficient (Wildman–Crippen LogP) is 24.6. The Morgan fingerprint density at radius 1 is 0.204 bits per heavy atom. The van der Waals surface area contributed by atoms with Gasteiger partial charge in [-0.25, -0.2) is 0 Å². The van der Waals surface area contributed by atoms with Crippen molar-refractivity contribution in [1.82, 2.24) is 0 Å². The Bertz CT molecular complexity index is 5320. The highest BCUT2D eigenvalue weighted by atomic mass is 15.2. The summed E-state index contributed by atoms with van der Waals surface area (Å²) in [5.74, 6) is 0. The minimum Gasteiger partial charge on any atom is -0.309 e. The number of nitrogens with zero attached hydrogens (tertiary/aromatic N) is 2. The first kappa shape index (κ1) is 51.0. The first-order valence-corrected chi connectivity index (χ1v) is 32.7. The van der Waals surface area contributed by atoms with Gasteiger partial charge in [-0.15, -0.1) is 0 Å². The van der Waals surface area contributed by atoms with E-state index < -0.39 is 5.41 Å². The second kappa shape index (κ2) is 19.1. The minimum atomic E-state index is -0.559. The fourth-order valence-electron chi connectivity index (χ4n) is 17.8. The lowest BCUT2D eigenvalue weighted by atomic mass is 9.69. The molecule has 0 saturated heterocycles. The monoisotopic (exact) mass is 1180 g/mol. The van der Waals surface area contributed by atoms with Gasteiger partial charge in [-0.1, -0.05) is 267 Å². The summed E-state index contributed by atoms with van der Waals surface area (Å²) < 4.78 is 0. The zero-order chi connectivity index (χ0) is 60.6. The summed E-state index contributed by atoms with van der Waals surface area (Å²) >= 11 is 0. The number of benzene rings is 16. The highest BCUT2D eigenvalue weighted by Gasteiger charge is 2.46. The number of fused-ring (bicyclic) bond motifs is 15. The van der Waals surface area contributed by atoms with Crippen molar-refractivity contribution >= 4 is 77.2 Å². The van der Waals surface area contributed by atoms with Crippen molar-refractivity contribution in [3.05, 3.63) is 338 Å². The molecule has 2 heteroatoms. The number of rotatable bonds is 10. The van der Waals surface area contributed by atoms with Gasteiger partial charge >= 0.3 is 0 Å². The Kier molecular flexibility index (Phi) is 10.5. The Morgan fingerprint density at radius 3 is 0.774 bits per heavy atom. The van der Waals surface area contributed by atoms with Crippen LogP contribution in [0.4, 0.5) is 34.1 Å². The zero-order valence-corrected chi connectivity index (χ0v) is 50.8. The van der Waals surface area contributed by atoms with Crippen molar-refractivity contribution in [3.8, 4) is 100 Å². The van der Waals surface area contributed by atoms with Crippen LogP contribution < -0.4 is 9.80 Å². The lowest BCUT2D eigenvalue weighted by Gasteiger charge is -2.36. The Morgan fingerprint density at radius 2 is 0.473 bits per heavy atom. The van der Waals surface area contributed by atoms with E-state index in [1.54, 1.807) is 0 Å². The average Bonchev–Trinajstić information content (AvgIpc) is 1.58. The van der Waals surface area contributed by atoms with Crippen molar-refractivity contribution in [3.63, 3.8) is 0 Å². The molecule has 0 aliphatic heterocycles. The van der Waals surface area contributed by atoms with Crippen molar-refractivity contribution in [2.24, 2.45) is 0 Å². The molecule has 0 N–H and O–H groups in total. The van der Waals surface area contributed by atoms with Gasteiger partial charge in [-0.2, -0.15) is 0 Å². The van der Waals surface area contributed by atoms with E-state index in [1.165, 1.54) is 188 Å². The van der Waals surface area contributed by atoms with E-state index in [1.807, 2.05) is 0 Å². The standard InChI is InChI=1S/C91H56N2/c1-3-19-55(20-4-1)53-91(54-56-21-5-2-6-22-56)77-51-61(92(79-47-39-57-23-15-35-69-63-27-7-11-31-73(63)87(79)83(57)69)80-48-40-58-24-16-36-70-64-28-8-12-32-74(64)88(80)84(58)70)43-45-67(77)68-46-44-62(52-78(68)91)93(81-49-41-59-25-17-37-71-65-29-9-13-33-75(65)89(81)85(59)71)82-50-42-60-26-18-38-72-66-30-10-14-34-76(66)90(82)86(60)72/h1-52H,53-54H2. The van der Waals surface area contributed by atoms with Crippen LogP contribution in [0, 0.1) is 0 Å². The van der Waals surface area contributed by atoms with Crippen LogP contribution in [0.3, 0.4) is 0 Å². The van der Waals surface area contributed by atoms with Gasteiger partial charge in [-0.05, 0) is 205 Å². The van der Waals surface area contributed by atoms with E-state index in [-0.39, 0.29) is 0 Å². The molecular formula is C91H56N2.